The molecule has 0 aromatic rings. The van der Waals surface area contributed by atoms with E-state index in [2.05, 4.69) is 0 Å². The van der Waals surface area contributed by atoms with E-state index in [-0.39, 0.29) is 6.42 Å². The second-order valence-corrected chi connectivity index (χ2v) is 1.83. The Morgan fingerprint density at radius 3 is 2.20 bits per heavy atom. The van der Waals surface area contributed by atoms with Crippen molar-refractivity contribution >= 4 is 6.29 Å². The van der Waals surface area contributed by atoms with Gasteiger partial charge in [-0.2, -0.15) is 0 Å². The van der Waals surface area contributed by atoms with E-state index >= 15 is 0 Å². The van der Waals surface area contributed by atoms with Crippen LogP contribution in [0, 0.1) is 0 Å². The van der Waals surface area contributed by atoms with E-state index < -0.39 is 18.6 Å². The Morgan fingerprint density at radius 2 is 1.90 bits per heavy atom. The first-order chi connectivity index (χ1) is 4.59. The second-order valence-electron chi connectivity index (χ2n) is 1.83. The molecule has 4 nitrogen and oxygen atoms in total. The van der Waals surface area contributed by atoms with E-state index in [1.165, 1.54) is 0 Å². The minimum Gasteiger partial charge on any atom is -0.390 e. The first kappa shape index (κ1) is 9.48. The zero-order valence-electron chi connectivity index (χ0n) is 5.14. The van der Waals surface area contributed by atoms with Gasteiger partial charge in [-0.15, -0.1) is 0 Å². The fourth-order valence-corrected chi connectivity index (χ4v) is 0.421. The van der Waals surface area contributed by atoms with Gasteiger partial charge in [0.25, 0.3) is 0 Å². The maximum atomic E-state index is 11.7. The average Bonchev–Trinajstić information content (AvgIpc) is 1.87. The van der Waals surface area contributed by atoms with Crippen LogP contribution in [0.3, 0.4) is 0 Å². The lowest BCUT2D eigenvalue weighted by Gasteiger charge is -2.14. The van der Waals surface area contributed by atoms with Crippen LogP contribution < -0.4 is 0 Å². The van der Waals surface area contributed by atoms with Crippen molar-refractivity contribution in [3.05, 3.63) is 0 Å². The van der Waals surface area contributed by atoms with Crippen molar-refractivity contribution < 1.29 is 24.5 Å². The number of rotatable bonds is 4. The SMILES string of the molecule is O=CC[C@H](O)[C@H](O)C(O)F. The molecule has 10 heavy (non-hydrogen) atoms. The van der Waals surface area contributed by atoms with Gasteiger partial charge < -0.3 is 20.1 Å². The molecule has 60 valence electrons. The first-order valence-corrected chi connectivity index (χ1v) is 2.71. The molecule has 0 bridgehead atoms. The molecule has 0 radical (unpaired) electrons. The van der Waals surface area contributed by atoms with Crippen LogP contribution >= 0.6 is 0 Å². The van der Waals surface area contributed by atoms with E-state index in [9.17, 15) is 9.18 Å². The van der Waals surface area contributed by atoms with Crippen molar-refractivity contribution in [1.82, 2.24) is 0 Å². The molecule has 5 heteroatoms. The number of aliphatic hydroxyl groups is 3. The average molecular weight is 152 g/mol. The minimum absolute atomic E-state index is 0.330. The first-order valence-electron chi connectivity index (χ1n) is 2.71. The van der Waals surface area contributed by atoms with Crippen molar-refractivity contribution in [3.8, 4) is 0 Å². The Morgan fingerprint density at radius 1 is 1.40 bits per heavy atom. The summed E-state index contributed by atoms with van der Waals surface area (Å²) in [6.07, 6.45) is -5.99. The third kappa shape index (κ3) is 2.86. The normalized spacial score (nSPS) is 19.6. The third-order valence-electron chi connectivity index (χ3n) is 1.01. The van der Waals surface area contributed by atoms with Crippen LogP contribution in [0.4, 0.5) is 4.39 Å². The number of carbonyl (C=O) groups is 1. The van der Waals surface area contributed by atoms with E-state index in [4.69, 9.17) is 15.3 Å². The van der Waals surface area contributed by atoms with Crippen LogP contribution in [0.2, 0.25) is 0 Å². The van der Waals surface area contributed by atoms with Gasteiger partial charge >= 0.3 is 0 Å². The highest BCUT2D eigenvalue weighted by Crippen LogP contribution is 2.02. The molecule has 0 fully saturated rings. The number of halogens is 1. The summed E-state index contributed by atoms with van der Waals surface area (Å²) >= 11 is 0. The number of hydrogen-bond acceptors (Lipinski definition) is 4. The monoisotopic (exact) mass is 152 g/mol. The number of hydrogen-bond donors (Lipinski definition) is 3. The quantitative estimate of drug-likeness (QED) is 0.432. The molecule has 3 atom stereocenters. The molecule has 1 unspecified atom stereocenters. The summed E-state index contributed by atoms with van der Waals surface area (Å²) in [7, 11) is 0. The summed E-state index contributed by atoms with van der Waals surface area (Å²) in [6, 6.07) is 0. The molecule has 0 heterocycles. The van der Waals surface area contributed by atoms with Crippen LogP contribution in [0.1, 0.15) is 6.42 Å². The Kier molecular flexibility index (Phi) is 4.10. The molecule has 0 aromatic carbocycles. The molecule has 0 aliphatic carbocycles. The van der Waals surface area contributed by atoms with Gasteiger partial charge in [0.15, 0.2) is 0 Å². The van der Waals surface area contributed by atoms with Gasteiger partial charge in [0.2, 0.25) is 6.36 Å². The molecule has 0 spiro atoms. The standard InChI is InChI=1S/C5H9FO4/c6-5(10)4(9)3(8)1-2-7/h2-5,8-10H,1H2/t3-,4-,5?/m0/s1. The van der Waals surface area contributed by atoms with Crippen molar-refractivity contribution in [3.63, 3.8) is 0 Å². The molecular weight excluding hydrogens is 143 g/mol. The maximum absolute atomic E-state index is 11.7. The number of alkyl halides is 1. The fraction of sp³-hybridized carbons (Fsp3) is 0.800. The highest BCUT2D eigenvalue weighted by Gasteiger charge is 2.23. The van der Waals surface area contributed by atoms with Gasteiger partial charge in [-0.05, 0) is 0 Å². The van der Waals surface area contributed by atoms with Crippen molar-refractivity contribution in [1.29, 1.82) is 0 Å². The lowest BCUT2D eigenvalue weighted by atomic mass is 10.1. The van der Waals surface area contributed by atoms with Crippen molar-refractivity contribution in [2.24, 2.45) is 0 Å². The van der Waals surface area contributed by atoms with Gasteiger partial charge in [0.1, 0.15) is 12.4 Å². The van der Waals surface area contributed by atoms with Crippen molar-refractivity contribution in [2.75, 3.05) is 0 Å². The Bertz CT molecular complexity index is 106. The topological polar surface area (TPSA) is 77.8 Å². The van der Waals surface area contributed by atoms with Gasteiger partial charge in [-0.1, -0.05) is 0 Å². The van der Waals surface area contributed by atoms with Crippen LogP contribution in [-0.4, -0.2) is 40.2 Å². The van der Waals surface area contributed by atoms with E-state index in [1.54, 1.807) is 0 Å². The molecule has 0 amide bonds. The summed E-state index contributed by atoms with van der Waals surface area (Å²) in [6.45, 7) is 0. The third-order valence-corrected chi connectivity index (χ3v) is 1.01. The fourth-order valence-electron chi connectivity index (χ4n) is 0.421. The lowest BCUT2D eigenvalue weighted by Crippen LogP contribution is -2.34. The van der Waals surface area contributed by atoms with Crippen LogP contribution in [0.15, 0.2) is 0 Å². The summed E-state index contributed by atoms with van der Waals surface area (Å²) in [5.74, 6) is 0. The Balaban J connectivity index is 3.68. The zero-order chi connectivity index (χ0) is 8.15. The zero-order valence-corrected chi connectivity index (χ0v) is 5.14. The van der Waals surface area contributed by atoms with Crippen molar-refractivity contribution in [2.45, 2.75) is 25.0 Å². The van der Waals surface area contributed by atoms with Crippen LogP contribution in [0.25, 0.3) is 0 Å². The molecule has 0 aliphatic rings. The summed E-state index contributed by atoms with van der Waals surface area (Å²) < 4.78 is 11.7. The predicted octanol–water partition coefficient (Wildman–Crippen LogP) is -1.41. The summed E-state index contributed by atoms with van der Waals surface area (Å²) in [5.41, 5.74) is 0. The maximum Gasteiger partial charge on any atom is 0.225 e. The number of aldehydes is 1. The summed E-state index contributed by atoms with van der Waals surface area (Å²) in [5, 5.41) is 25.1. The highest BCUT2D eigenvalue weighted by atomic mass is 19.1. The van der Waals surface area contributed by atoms with E-state index in [1.807, 2.05) is 0 Å². The van der Waals surface area contributed by atoms with Crippen LogP contribution in [0.5, 0.6) is 0 Å². The Labute approximate surface area is 56.9 Å². The minimum atomic E-state index is -2.50. The lowest BCUT2D eigenvalue weighted by molar-refractivity contribution is -0.126. The predicted molar refractivity (Wildman–Crippen MR) is 29.8 cm³/mol. The van der Waals surface area contributed by atoms with Gasteiger partial charge in [0.05, 0.1) is 6.10 Å². The molecule has 0 saturated heterocycles. The van der Waals surface area contributed by atoms with Gasteiger partial charge in [-0.25, -0.2) is 4.39 Å². The molecule has 0 aromatic heterocycles. The van der Waals surface area contributed by atoms with Gasteiger partial charge in [0, 0.05) is 6.42 Å². The number of carbonyl (C=O) groups excluding carboxylic acids is 1. The largest absolute Gasteiger partial charge is 0.390 e. The molecule has 3 N–H and O–H groups in total. The van der Waals surface area contributed by atoms with E-state index in [0.717, 1.165) is 0 Å². The van der Waals surface area contributed by atoms with Crippen LogP contribution in [-0.2, 0) is 4.79 Å². The molecule has 0 rings (SSSR count). The second kappa shape index (κ2) is 4.32. The Hall–Kier alpha value is -0.520. The molecular formula is C5H9FO4. The smallest absolute Gasteiger partial charge is 0.225 e. The summed E-state index contributed by atoms with van der Waals surface area (Å²) in [4.78, 5) is 9.67. The molecule has 0 aliphatic heterocycles. The highest BCUT2D eigenvalue weighted by molar-refractivity contribution is 5.50. The van der Waals surface area contributed by atoms with Gasteiger partial charge in [-0.3, -0.25) is 0 Å². The molecule has 0 saturated carbocycles. The van der Waals surface area contributed by atoms with E-state index in [0.29, 0.717) is 6.29 Å². The number of aliphatic hydroxyl groups excluding tert-OH is 3.